The molecule has 2 N–H and O–H groups in total. The maximum absolute atomic E-state index is 5.73. The number of hydrogen-bond acceptors (Lipinski definition) is 7. The topological polar surface area (TPSA) is 71.2 Å². The molecule has 1 rings (SSSR count). The zero-order valence-corrected chi connectivity index (χ0v) is 12.4. The van der Waals surface area contributed by atoms with Crippen LogP contribution >= 0.6 is 11.8 Å². The summed E-state index contributed by atoms with van der Waals surface area (Å²) in [5.41, 5.74) is 5.73. The molecule has 0 unspecified atom stereocenters. The van der Waals surface area contributed by atoms with E-state index in [-0.39, 0.29) is 0 Å². The van der Waals surface area contributed by atoms with E-state index in [1.165, 1.54) is 0 Å². The van der Waals surface area contributed by atoms with Crippen molar-refractivity contribution in [3.05, 3.63) is 0 Å². The monoisotopic (exact) mass is 270 g/mol. The summed E-state index contributed by atoms with van der Waals surface area (Å²) in [7, 11) is 4.09. The van der Waals surface area contributed by atoms with Crippen molar-refractivity contribution in [2.24, 2.45) is 0 Å². The van der Waals surface area contributed by atoms with Crippen molar-refractivity contribution in [1.82, 2.24) is 19.9 Å². The quantitative estimate of drug-likeness (QED) is 0.740. The number of aromatic nitrogens is 3. The summed E-state index contributed by atoms with van der Waals surface area (Å²) in [6, 6.07) is 0. The van der Waals surface area contributed by atoms with E-state index in [9.17, 15) is 0 Å². The number of thioether (sulfide) groups is 1. The fraction of sp³-hybridized carbons (Fsp3) is 0.727. The fourth-order valence-corrected chi connectivity index (χ4v) is 2.34. The van der Waals surface area contributed by atoms with Gasteiger partial charge < -0.3 is 15.5 Å². The Bertz CT molecular complexity index is 367. The summed E-state index contributed by atoms with van der Waals surface area (Å²) in [6.07, 6.45) is 0. The molecule has 1 aromatic heterocycles. The predicted molar refractivity (Wildman–Crippen MR) is 77.1 cm³/mol. The number of rotatable bonds is 7. The average molecular weight is 270 g/mol. The van der Waals surface area contributed by atoms with E-state index in [4.69, 9.17) is 5.73 Å². The highest BCUT2D eigenvalue weighted by molar-refractivity contribution is 7.99. The highest BCUT2D eigenvalue weighted by Gasteiger charge is 2.09. The normalized spacial score (nSPS) is 10.9. The number of anilines is 2. The third-order valence-electron chi connectivity index (χ3n) is 2.44. The van der Waals surface area contributed by atoms with Crippen LogP contribution < -0.4 is 10.6 Å². The van der Waals surface area contributed by atoms with E-state index in [1.54, 1.807) is 11.8 Å². The van der Waals surface area contributed by atoms with Gasteiger partial charge in [0.1, 0.15) is 0 Å². The minimum atomic E-state index is 0.291. The molecule has 102 valence electrons. The minimum absolute atomic E-state index is 0.291. The van der Waals surface area contributed by atoms with Crippen LogP contribution in [0.2, 0.25) is 0 Å². The fourth-order valence-electron chi connectivity index (χ4n) is 1.39. The summed E-state index contributed by atoms with van der Waals surface area (Å²) in [6.45, 7) is 6.85. The molecule has 18 heavy (non-hydrogen) atoms. The molecule has 1 aromatic rings. The lowest BCUT2D eigenvalue weighted by atomic mass is 10.5. The van der Waals surface area contributed by atoms with Gasteiger partial charge in [-0.3, -0.25) is 0 Å². The lowest BCUT2D eigenvalue weighted by Gasteiger charge is -2.18. The lowest BCUT2D eigenvalue weighted by Crippen LogP contribution is -2.25. The molecule has 0 spiro atoms. The Labute approximate surface area is 113 Å². The molecule has 7 heteroatoms. The molecule has 0 amide bonds. The largest absolute Gasteiger partial charge is 0.368 e. The molecule has 0 fully saturated rings. The zero-order valence-electron chi connectivity index (χ0n) is 11.6. The van der Waals surface area contributed by atoms with E-state index in [2.05, 4.69) is 38.6 Å². The molecule has 0 bridgehead atoms. The van der Waals surface area contributed by atoms with Gasteiger partial charge in [-0.2, -0.15) is 15.0 Å². The van der Waals surface area contributed by atoms with Gasteiger partial charge in [-0.15, -0.1) is 0 Å². The van der Waals surface area contributed by atoms with Crippen molar-refractivity contribution in [2.75, 3.05) is 50.1 Å². The van der Waals surface area contributed by atoms with Crippen LogP contribution in [-0.4, -0.2) is 59.3 Å². The summed E-state index contributed by atoms with van der Waals surface area (Å²) in [4.78, 5) is 17.0. The van der Waals surface area contributed by atoms with Gasteiger partial charge in [0.15, 0.2) is 5.16 Å². The molecule has 0 atom stereocenters. The third-order valence-corrected chi connectivity index (χ3v) is 3.26. The lowest BCUT2D eigenvalue weighted by molar-refractivity contribution is 0.437. The average Bonchev–Trinajstić information content (AvgIpc) is 2.29. The van der Waals surface area contributed by atoms with Gasteiger partial charge in [-0.25, -0.2) is 0 Å². The first kappa shape index (κ1) is 15.0. The van der Waals surface area contributed by atoms with E-state index in [0.717, 1.165) is 25.4 Å². The van der Waals surface area contributed by atoms with Gasteiger partial charge in [-0.05, 0) is 27.9 Å². The van der Waals surface area contributed by atoms with Gasteiger partial charge >= 0.3 is 0 Å². The Kier molecular flexibility index (Phi) is 6.14. The maximum atomic E-state index is 5.73. The molecule has 6 nitrogen and oxygen atoms in total. The highest BCUT2D eigenvalue weighted by atomic mass is 32.2. The SMILES string of the molecule is CCN(CC)c1nc(N)nc(SCCN(C)C)n1. The van der Waals surface area contributed by atoms with Crippen molar-refractivity contribution in [3.8, 4) is 0 Å². The predicted octanol–water partition coefficient (Wildman–Crippen LogP) is 0.954. The van der Waals surface area contributed by atoms with Crippen LogP contribution in [0.3, 0.4) is 0 Å². The second-order valence-electron chi connectivity index (χ2n) is 4.10. The Hall–Kier alpha value is -1.08. The van der Waals surface area contributed by atoms with Gasteiger partial charge in [-0.1, -0.05) is 11.8 Å². The van der Waals surface area contributed by atoms with Crippen LogP contribution in [0.1, 0.15) is 13.8 Å². The summed E-state index contributed by atoms with van der Waals surface area (Å²) < 4.78 is 0. The first-order valence-electron chi connectivity index (χ1n) is 6.10. The Morgan fingerprint density at radius 2 is 1.78 bits per heavy atom. The van der Waals surface area contributed by atoms with Crippen LogP contribution in [0.4, 0.5) is 11.9 Å². The maximum Gasteiger partial charge on any atom is 0.231 e. The first-order chi connectivity index (χ1) is 8.56. The molecule has 0 saturated heterocycles. The van der Waals surface area contributed by atoms with E-state index in [0.29, 0.717) is 17.1 Å². The van der Waals surface area contributed by atoms with Crippen molar-refractivity contribution in [1.29, 1.82) is 0 Å². The van der Waals surface area contributed by atoms with Gasteiger partial charge in [0.05, 0.1) is 0 Å². The third kappa shape index (κ3) is 4.66. The smallest absolute Gasteiger partial charge is 0.231 e. The standard InChI is InChI=1S/C11H22N6S/c1-5-17(6-2)10-13-9(12)14-11(15-10)18-8-7-16(3)4/h5-8H2,1-4H3,(H2,12,13,14,15). The number of hydrogen-bond donors (Lipinski definition) is 1. The van der Waals surface area contributed by atoms with Gasteiger partial charge in [0, 0.05) is 25.4 Å². The second kappa shape index (κ2) is 7.38. The Balaban J connectivity index is 2.74. The van der Waals surface area contributed by atoms with Crippen LogP contribution in [0.5, 0.6) is 0 Å². The molecule has 0 aromatic carbocycles. The van der Waals surface area contributed by atoms with Crippen molar-refractivity contribution in [3.63, 3.8) is 0 Å². The van der Waals surface area contributed by atoms with Crippen LogP contribution in [0.25, 0.3) is 0 Å². The molecular formula is C11H22N6S. The molecule has 0 radical (unpaired) electrons. The highest BCUT2D eigenvalue weighted by Crippen LogP contribution is 2.17. The zero-order chi connectivity index (χ0) is 13.5. The summed E-state index contributed by atoms with van der Waals surface area (Å²) in [5.74, 6) is 1.90. The van der Waals surface area contributed by atoms with E-state index in [1.807, 2.05) is 14.1 Å². The molecule has 0 saturated carbocycles. The van der Waals surface area contributed by atoms with Crippen molar-refractivity contribution < 1.29 is 0 Å². The second-order valence-corrected chi connectivity index (χ2v) is 5.16. The molecule has 0 aliphatic rings. The molecule has 0 aliphatic heterocycles. The molecular weight excluding hydrogens is 248 g/mol. The van der Waals surface area contributed by atoms with Crippen LogP contribution in [-0.2, 0) is 0 Å². The minimum Gasteiger partial charge on any atom is -0.368 e. The van der Waals surface area contributed by atoms with Crippen LogP contribution in [0, 0.1) is 0 Å². The number of nitrogens with zero attached hydrogens (tertiary/aromatic N) is 5. The summed E-state index contributed by atoms with van der Waals surface area (Å²) >= 11 is 1.60. The Morgan fingerprint density at radius 1 is 1.11 bits per heavy atom. The summed E-state index contributed by atoms with van der Waals surface area (Å²) in [5, 5.41) is 0.700. The molecule has 1 heterocycles. The number of nitrogens with two attached hydrogens (primary N) is 1. The van der Waals surface area contributed by atoms with Crippen molar-refractivity contribution in [2.45, 2.75) is 19.0 Å². The van der Waals surface area contributed by atoms with E-state index >= 15 is 0 Å². The first-order valence-corrected chi connectivity index (χ1v) is 7.09. The van der Waals surface area contributed by atoms with Gasteiger partial charge in [0.2, 0.25) is 11.9 Å². The van der Waals surface area contributed by atoms with E-state index < -0.39 is 0 Å². The van der Waals surface area contributed by atoms with Crippen LogP contribution in [0.15, 0.2) is 5.16 Å². The van der Waals surface area contributed by atoms with Crippen molar-refractivity contribution >= 4 is 23.7 Å². The number of nitrogen functional groups attached to an aromatic ring is 1. The Morgan fingerprint density at radius 3 is 2.33 bits per heavy atom. The molecule has 0 aliphatic carbocycles. The van der Waals surface area contributed by atoms with Gasteiger partial charge in [0.25, 0.3) is 0 Å².